The van der Waals surface area contributed by atoms with E-state index in [2.05, 4.69) is 20.9 Å². The lowest BCUT2D eigenvalue weighted by atomic mass is 9.96. The number of hydrogen-bond acceptors (Lipinski definition) is 7. The van der Waals surface area contributed by atoms with Gasteiger partial charge in [0.2, 0.25) is 17.7 Å². The number of amides is 3. The molecule has 0 aromatic heterocycles. The number of nitrogens with zero attached hydrogens (tertiary/aromatic N) is 1. The zero-order chi connectivity index (χ0) is 27.3. The van der Waals surface area contributed by atoms with Crippen molar-refractivity contribution in [2.75, 3.05) is 6.54 Å². The highest BCUT2D eigenvalue weighted by atomic mass is 16.4. The van der Waals surface area contributed by atoms with Crippen molar-refractivity contribution in [1.29, 1.82) is 0 Å². The number of guanidine groups is 1. The molecule has 13 heteroatoms. The number of nitrogens with one attached hydrogen (secondary N) is 3. The van der Waals surface area contributed by atoms with Crippen molar-refractivity contribution < 1.29 is 29.4 Å². The summed E-state index contributed by atoms with van der Waals surface area (Å²) in [6.07, 6.45) is 0.333. The van der Waals surface area contributed by atoms with Crippen molar-refractivity contribution in [3.63, 3.8) is 0 Å². The van der Waals surface area contributed by atoms with Crippen molar-refractivity contribution in [1.82, 2.24) is 16.0 Å². The van der Waals surface area contributed by atoms with Crippen LogP contribution in [-0.4, -0.2) is 76.7 Å². The van der Waals surface area contributed by atoms with E-state index in [0.717, 1.165) is 0 Å². The number of aliphatic hydroxyl groups excluding tert-OH is 1. The van der Waals surface area contributed by atoms with Crippen LogP contribution in [0.1, 0.15) is 60.3 Å². The predicted octanol–water partition coefficient (Wildman–Crippen LogP) is -1.62. The monoisotopic (exact) mass is 501 g/mol. The summed E-state index contributed by atoms with van der Waals surface area (Å²) < 4.78 is 0. The Kier molecular flexibility index (Phi) is 14.5. The van der Waals surface area contributed by atoms with Gasteiger partial charge in [-0.1, -0.05) is 40.5 Å². The van der Waals surface area contributed by atoms with Gasteiger partial charge in [0.05, 0.1) is 12.1 Å². The van der Waals surface area contributed by atoms with Gasteiger partial charge in [-0.05, 0) is 31.6 Å². The summed E-state index contributed by atoms with van der Waals surface area (Å²) in [5.41, 5.74) is 16.7. The number of carboxylic acid groups (broad SMARTS) is 1. The Balaban J connectivity index is 5.69. The molecule has 0 aliphatic carbocycles. The maximum Gasteiger partial charge on any atom is 0.328 e. The number of aliphatic carboxylic acids is 1. The van der Waals surface area contributed by atoms with E-state index in [9.17, 15) is 29.4 Å². The molecule has 7 unspecified atom stereocenters. The summed E-state index contributed by atoms with van der Waals surface area (Å²) in [4.78, 5) is 53.9. The Hall–Kier alpha value is -2.93. The van der Waals surface area contributed by atoms with Crippen LogP contribution < -0.4 is 33.2 Å². The first-order chi connectivity index (χ1) is 16.3. The third-order valence-corrected chi connectivity index (χ3v) is 5.98. The SMILES string of the molecule is CCC(C)C(N)C(=O)NC(CCCN=C(N)N)C(=O)NC(C(=O)NC(C(=O)O)C(C)O)C(C)CC. The van der Waals surface area contributed by atoms with E-state index in [1.165, 1.54) is 6.92 Å². The lowest BCUT2D eigenvalue weighted by Crippen LogP contribution is -2.60. The van der Waals surface area contributed by atoms with E-state index in [0.29, 0.717) is 19.3 Å². The van der Waals surface area contributed by atoms with Crippen LogP contribution >= 0.6 is 0 Å². The first kappa shape index (κ1) is 32.1. The topological polar surface area (TPSA) is 235 Å². The summed E-state index contributed by atoms with van der Waals surface area (Å²) >= 11 is 0. The van der Waals surface area contributed by atoms with E-state index in [1.54, 1.807) is 13.8 Å². The quantitative estimate of drug-likeness (QED) is 0.0688. The zero-order valence-electron chi connectivity index (χ0n) is 21.3. The van der Waals surface area contributed by atoms with Crippen LogP contribution in [0, 0.1) is 11.8 Å². The van der Waals surface area contributed by atoms with Crippen LogP contribution in [0.5, 0.6) is 0 Å². The van der Waals surface area contributed by atoms with Gasteiger partial charge in [-0.15, -0.1) is 0 Å². The molecule has 0 aromatic carbocycles. The Morgan fingerprint density at radius 3 is 1.86 bits per heavy atom. The van der Waals surface area contributed by atoms with Gasteiger partial charge in [0.1, 0.15) is 12.1 Å². The standard InChI is InChI=1S/C22H43N7O6/c1-6-11(3)15(23)19(32)27-14(9-8-10-26-22(24)25)18(31)28-16(12(4)7-2)20(33)29-17(13(5)30)21(34)35/h11-17,30H,6-10,23H2,1-5H3,(H,27,32)(H,28,31)(H,29,33)(H,34,35)(H4,24,25,26). The van der Waals surface area contributed by atoms with E-state index < -0.39 is 54.0 Å². The number of nitrogens with two attached hydrogens (primary N) is 3. The summed E-state index contributed by atoms with van der Waals surface area (Å²) in [7, 11) is 0. The average molecular weight is 502 g/mol. The van der Waals surface area contributed by atoms with Crippen molar-refractivity contribution in [2.45, 2.75) is 90.6 Å². The van der Waals surface area contributed by atoms with Gasteiger partial charge in [-0.25, -0.2) is 4.79 Å². The molecule has 0 spiro atoms. The molecule has 0 rings (SSSR count). The van der Waals surface area contributed by atoms with Crippen LogP contribution in [0.15, 0.2) is 4.99 Å². The molecule has 35 heavy (non-hydrogen) atoms. The number of aliphatic imine (C=N–C) groups is 1. The third kappa shape index (κ3) is 11.4. The first-order valence-corrected chi connectivity index (χ1v) is 11.9. The van der Waals surface area contributed by atoms with Crippen LogP contribution in [0.2, 0.25) is 0 Å². The fraction of sp³-hybridized carbons (Fsp3) is 0.773. The molecule has 0 saturated carbocycles. The molecule has 13 nitrogen and oxygen atoms in total. The predicted molar refractivity (Wildman–Crippen MR) is 132 cm³/mol. The fourth-order valence-corrected chi connectivity index (χ4v) is 3.14. The van der Waals surface area contributed by atoms with Crippen LogP contribution in [0.3, 0.4) is 0 Å². The van der Waals surface area contributed by atoms with E-state index in [-0.39, 0.29) is 30.8 Å². The number of aliphatic hydroxyl groups is 1. The molecule has 11 N–H and O–H groups in total. The van der Waals surface area contributed by atoms with Crippen molar-refractivity contribution in [2.24, 2.45) is 34.0 Å². The Labute approximate surface area is 206 Å². The molecule has 7 atom stereocenters. The number of carbonyl (C=O) groups is 4. The second-order valence-corrected chi connectivity index (χ2v) is 8.86. The Morgan fingerprint density at radius 2 is 1.40 bits per heavy atom. The highest BCUT2D eigenvalue weighted by Gasteiger charge is 2.34. The largest absolute Gasteiger partial charge is 0.480 e. The normalized spacial score (nSPS) is 17.0. The van der Waals surface area contributed by atoms with Gasteiger partial charge in [0.15, 0.2) is 12.0 Å². The minimum absolute atomic E-state index is 0.103. The maximum absolute atomic E-state index is 13.2. The highest BCUT2D eigenvalue weighted by Crippen LogP contribution is 2.11. The van der Waals surface area contributed by atoms with E-state index in [4.69, 9.17) is 17.2 Å². The first-order valence-electron chi connectivity index (χ1n) is 11.9. The van der Waals surface area contributed by atoms with Crippen molar-refractivity contribution in [3.8, 4) is 0 Å². The van der Waals surface area contributed by atoms with Crippen molar-refractivity contribution in [3.05, 3.63) is 0 Å². The zero-order valence-corrected chi connectivity index (χ0v) is 21.3. The average Bonchev–Trinajstić information content (AvgIpc) is 2.79. The number of carboxylic acids is 1. The lowest BCUT2D eigenvalue weighted by Gasteiger charge is -2.29. The molecule has 0 radical (unpaired) electrons. The molecular weight excluding hydrogens is 458 g/mol. The summed E-state index contributed by atoms with van der Waals surface area (Å²) in [6, 6.07) is -4.51. The highest BCUT2D eigenvalue weighted by molar-refractivity contribution is 5.94. The second kappa shape index (κ2) is 15.9. The lowest BCUT2D eigenvalue weighted by molar-refractivity contribution is -0.145. The van der Waals surface area contributed by atoms with Crippen molar-refractivity contribution >= 4 is 29.7 Å². The molecule has 0 aliphatic rings. The molecule has 202 valence electrons. The van der Waals surface area contributed by atoms with E-state index >= 15 is 0 Å². The molecule has 0 bridgehead atoms. The minimum Gasteiger partial charge on any atom is -0.480 e. The van der Waals surface area contributed by atoms with Gasteiger partial charge in [0.25, 0.3) is 0 Å². The molecular formula is C22H43N7O6. The third-order valence-electron chi connectivity index (χ3n) is 5.98. The van der Waals surface area contributed by atoms with E-state index in [1.807, 2.05) is 13.8 Å². The Morgan fingerprint density at radius 1 is 0.857 bits per heavy atom. The second-order valence-electron chi connectivity index (χ2n) is 8.86. The van der Waals surface area contributed by atoms with Crippen LogP contribution in [-0.2, 0) is 19.2 Å². The van der Waals surface area contributed by atoms with Gasteiger partial charge in [0, 0.05) is 6.54 Å². The minimum atomic E-state index is -1.55. The molecule has 0 heterocycles. The maximum atomic E-state index is 13.2. The van der Waals surface area contributed by atoms with Gasteiger partial charge >= 0.3 is 5.97 Å². The smallest absolute Gasteiger partial charge is 0.328 e. The molecule has 0 aliphatic heterocycles. The number of carbonyl (C=O) groups excluding carboxylic acids is 3. The summed E-state index contributed by atoms with van der Waals surface area (Å²) in [5.74, 6) is -3.91. The molecule has 0 saturated heterocycles. The Bertz CT molecular complexity index is 742. The van der Waals surface area contributed by atoms with Gasteiger partial charge in [-0.3, -0.25) is 19.4 Å². The van der Waals surface area contributed by atoms with Gasteiger partial charge in [-0.2, -0.15) is 0 Å². The summed E-state index contributed by atoms with van der Waals surface area (Å²) in [5, 5.41) is 26.5. The van der Waals surface area contributed by atoms with Crippen LogP contribution in [0.25, 0.3) is 0 Å². The molecule has 0 fully saturated rings. The number of rotatable bonds is 16. The van der Waals surface area contributed by atoms with Crippen LogP contribution in [0.4, 0.5) is 0 Å². The summed E-state index contributed by atoms with van der Waals surface area (Å²) in [6.45, 7) is 8.70. The van der Waals surface area contributed by atoms with Gasteiger partial charge < -0.3 is 43.4 Å². The fourth-order valence-electron chi connectivity index (χ4n) is 3.14. The molecule has 3 amide bonds. The molecule has 0 aromatic rings. The number of hydrogen-bond donors (Lipinski definition) is 8.